The summed E-state index contributed by atoms with van der Waals surface area (Å²) < 4.78 is 0. The number of hydrogen-bond acceptors (Lipinski definition) is 3. The molecule has 0 fully saturated rings. The van der Waals surface area contributed by atoms with Crippen molar-refractivity contribution >= 4 is 23.1 Å². The fourth-order valence-corrected chi connectivity index (χ4v) is 1.37. The summed E-state index contributed by atoms with van der Waals surface area (Å²) in [7, 11) is 0. The van der Waals surface area contributed by atoms with Gasteiger partial charge in [0.2, 0.25) is 0 Å². The summed E-state index contributed by atoms with van der Waals surface area (Å²) in [5.74, 6) is 0.988. The van der Waals surface area contributed by atoms with Crippen molar-refractivity contribution in [2.75, 3.05) is 12.3 Å². The molecule has 0 atom stereocenters. The van der Waals surface area contributed by atoms with Crippen molar-refractivity contribution in [3.05, 3.63) is 12.2 Å². The third-order valence-electron chi connectivity index (χ3n) is 1.00. The highest BCUT2D eigenvalue weighted by molar-refractivity contribution is 8.14. The van der Waals surface area contributed by atoms with E-state index in [0.29, 0.717) is 5.57 Å². The van der Waals surface area contributed by atoms with Gasteiger partial charge in [-0.1, -0.05) is 6.58 Å². The molecule has 0 aromatic rings. The molecular formula is C6H7NOS. The Kier molecular flexibility index (Phi) is 2.05. The highest BCUT2D eigenvalue weighted by Crippen LogP contribution is 2.15. The predicted octanol–water partition coefficient (Wildman–Crippen LogP) is 0.887. The lowest BCUT2D eigenvalue weighted by Crippen LogP contribution is -1.92. The van der Waals surface area contributed by atoms with Crippen molar-refractivity contribution < 1.29 is 4.79 Å². The summed E-state index contributed by atoms with van der Waals surface area (Å²) in [6.45, 7) is 4.36. The molecule has 0 amide bonds. The molecule has 0 radical (unpaired) electrons. The minimum absolute atomic E-state index is 0.512. The molecule has 1 aliphatic heterocycles. The quantitative estimate of drug-likeness (QED) is 0.422. The lowest BCUT2D eigenvalue weighted by molar-refractivity contribution is -0.104. The van der Waals surface area contributed by atoms with E-state index < -0.39 is 0 Å². The lowest BCUT2D eigenvalue weighted by Gasteiger charge is -1.90. The molecule has 1 rings (SSSR count). The van der Waals surface area contributed by atoms with E-state index in [0.717, 1.165) is 23.6 Å². The summed E-state index contributed by atoms with van der Waals surface area (Å²) in [4.78, 5) is 14.2. The van der Waals surface area contributed by atoms with Crippen molar-refractivity contribution in [2.24, 2.45) is 4.99 Å². The number of aliphatic imine (C=N–C) groups is 1. The molecular weight excluding hydrogens is 134 g/mol. The second-order valence-electron chi connectivity index (χ2n) is 1.68. The van der Waals surface area contributed by atoms with Gasteiger partial charge in [0, 0.05) is 17.9 Å². The standard InChI is InChI=1S/C6H7NOS/c1-5(4-8)6-7-2-3-9-6/h4H,1-3H2. The highest BCUT2D eigenvalue weighted by Gasteiger charge is 2.08. The normalized spacial score (nSPS) is 17.1. The van der Waals surface area contributed by atoms with Crippen molar-refractivity contribution in [2.45, 2.75) is 0 Å². The molecule has 2 nitrogen and oxygen atoms in total. The smallest absolute Gasteiger partial charge is 0.152 e. The molecule has 9 heavy (non-hydrogen) atoms. The van der Waals surface area contributed by atoms with Crippen LogP contribution in [0.1, 0.15) is 0 Å². The van der Waals surface area contributed by atoms with E-state index in [1.165, 1.54) is 0 Å². The van der Waals surface area contributed by atoms with Crippen LogP contribution in [-0.4, -0.2) is 23.6 Å². The molecule has 48 valence electrons. The minimum Gasteiger partial charge on any atom is -0.298 e. The monoisotopic (exact) mass is 141 g/mol. The van der Waals surface area contributed by atoms with E-state index in [4.69, 9.17) is 0 Å². The molecule has 0 bridgehead atoms. The molecule has 1 heterocycles. The molecule has 3 heteroatoms. The van der Waals surface area contributed by atoms with Crippen LogP contribution in [0.2, 0.25) is 0 Å². The van der Waals surface area contributed by atoms with E-state index in [9.17, 15) is 4.79 Å². The van der Waals surface area contributed by atoms with Gasteiger partial charge in [0.05, 0.1) is 0 Å². The second kappa shape index (κ2) is 2.82. The minimum atomic E-state index is 0.512. The van der Waals surface area contributed by atoms with E-state index >= 15 is 0 Å². The summed E-state index contributed by atoms with van der Waals surface area (Å²) in [5, 5.41) is 0.810. The Morgan fingerprint density at radius 3 is 3.11 bits per heavy atom. The van der Waals surface area contributed by atoms with Gasteiger partial charge in [0.1, 0.15) is 5.04 Å². The summed E-state index contributed by atoms with van der Waals surface area (Å²) in [5.41, 5.74) is 0.512. The summed E-state index contributed by atoms with van der Waals surface area (Å²) in [6.07, 6.45) is 0.747. The van der Waals surface area contributed by atoms with Crippen LogP contribution in [0, 0.1) is 0 Å². The van der Waals surface area contributed by atoms with E-state index in [-0.39, 0.29) is 0 Å². The largest absolute Gasteiger partial charge is 0.298 e. The van der Waals surface area contributed by atoms with Crippen LogP contribution in [0.25, 0.3) is 0 Å². The first-order valence-electron chi connectivity index (χ1n) is 2.66. The van der Waals surface area contributed by atoms with Crippen molar-refractivity contribution in [1.82, 2.24) is 0 Å². The Hall–Kier alpha value is -0.570. The number of carbonyl (C=O) groups is 1. The van der Waals surface area contributed by atoms with Crippen molar-refractivity contribution in [3.63, 3.8) is 0 Å². The molecule has 0 saturated heterocycles. The first kappa shape index (κ1) is 6.55. The molecule has 0 spiro atoms. The molecule has 0 saturated carbocycles. The average molecular weight is 141 g/mol. The Bertz CT molecular complexity index is 174. The third kappa shape index (κ3) is 1.42. The Morgan fingerprint density at radius 2 is 2.67 bits per heavy atom. The zero-order valence-electron chi connectivity index (χ0n) is 4.96. The SMILES string of the molecule is C=C(C=O)C1=NCCS1. The second-order valence-corrected chi connectivity index (χ2v) is 2.76. The van der Waals surface area contributed by atoms with Crippen LogP contribution in [-0.2, 0) is 4.79 Å². The number of aldehydes is 1. The van der Waals surface area contributed by atoms with Gasteiger partial charge < -0.3 is 0 Å². The molecule has 0 aromatic carbocycles. The zero-order chi connectivity index (χ0) is 6.69. The number of carbonyl (C=O) groups excluding carboxylic acids is 1. The van der Waals surface area contributed by atoms with Crippen LogP contribution in [0.4, 0.5) is 0 Å². The lowest BCUT2D eigenvalue weighted by atomic mass is 10.4. The fraction of sp³-hybridized carbons (Fsp3) is 0.333. The molecule has 0 aliphatic carbocycles. The number of rotatable bonds is 2. The Labute approximate surface area is 58.0 Å². The van der Waals surface area contributed by atoms with Crippen LogP contribution in [0.5, 0.6) is 0 Å². The van der Waals surface area contributed by atoms with Crippen molar-refractivity contribution in [3.8, 4) is 0 Å². The van der Waals surface area contributed by atoms with Gasteiger partial charge in [0.25, 0.3) is 0 Å². The number of nitrogens with zero attached hydrogens (tertiary/aromatic N) is 1. The van der Waals surface area contributed by atoms with Gasteiger partial charge in [0.15, 0.2) is 6.29 Å². The maximum Gasteiger partial charge on any atom is 0.152 e. The van der Waals surface area contributed by atoms with E-state index in [1.807, 2.05) is 0 Å². The first-order chi connectivity index (χ1) is 4.34. The van der Waals surface area contributed by atoms with Gasteiger partial charge in [-0.3, -0.25) is 9.79 Å². The average Bonchev–Trinajstić information content (AvgIpc) is 2.37. The zero-order valence-corrected chi connectivity index (χ0v) is 5.78. The van der Waals surface area contributed by atoms with Crippen LogP contribution >= 0.6 is 11.8 Å². The van der Waals surface area contributed by atoms with Crippen LogP contribution in [0.15, 0.2) is 17.1 Å². The van der Waals surface area contributed by atoms with Crippen LogP contribution < -0.4 is 0 Å². The van der Waals surface area contributed by atoms with Gasteiger partial charge >= 0.3 is 0 Å². The van der Waals surface area contributed by atoms with Crippen molar-refractivity contribution in [1.29, 1.82) is 0 Å². The fourth-order valence-electron chi connectivity index (χ4n) is 0.580. The third-order valence-corrected chi connectivity index (χ3v) is 2.05. The molecule has 0 N–H and O–H groups in total. The van der Waals surface area contributed by atoms with E-state index in [1.54, 1.807) is 11.8 Å². The van der Waals surface area contributed by atoms with Crippen LogP contribution in [0.3, 0.4) is 0 Å². The summed E-state index contributed by atoms with van der Waals surface area (Å²) >= 11 is 1.59. The first-order valence-corrected chi connectivity index (χ1v) is 3.65. The van der Waals surface area contributed by atoms with E-state index in [2.05, 4.69) is 11.6 Å². The molecule has 0 unspecified atom stereocenters. The van der Waals surface area contributed by atoms with Gasteiger partial charge in [-0.05, 0) is 0 Å². The van der Waals surface area contributed by atoms with Gasteiger partial charge in [-0.15, -0.1) is 11.8 Å². The summed E-state index contributed by atoms with van der Waals surface area (Å²) in [6, 6.07) is 0. The Balaban J connectivity index is 2.61. The number of hydrogen-bond donors (Lipinski definition) is 0. The topological polar surface area (TPSA) is 29.4 Å². The molecule has 1 aliphatic rings. The number of thioether (sulfide) groups is 1. The maximum absolute atomic E-state index is 10.1. The van der Waals surface area contributed by atoms with Gasteiger partial charge in [-0.25, -0.2) is 0 Å². The Morgan fingerprint density at radius 1 is 1.89 bits per heavy atom. The highest BCUT2D eigenvalue weighted by atomic mass is 32.2. The molecule has 0 aromatic heterocycles. The maximum atomic E-state index is 10.1. The van der Waals surface area contributed by atoms with Gasteiger partial charge in [-0.2, -0.15) is 0 Å². The predicted molar refractivity (Wildman–Crippen MR) is 40.0 cm³/mol.